The fourth-order valence-corrected chi connectivity index (χ4v) is 7.63. The lowest BCUT2D eigenvalue weighted by Crippen LogP contribution is -2.35. The number of phosphoric ester groups is 1. The Balaban J connectivity index is 1.53. The summed E-state index contributed by atoms with van der Waals surface area (Å²) in [6.45, 7) is -4.61. The number of aliphatic hydroxyl groups excluding tert-OH is 1. The fourth-order valence-electron chi connectivity index (χ4n) is 4.81. The smallest absolute Gasteiger partial charge is 0.475 e. The third kappa shape index (κ3) is 10.1. The predicted molar refractivity (Wildman–Crippen MR) is 201 cm³/mol. The van der Waals surface area contributed by atoms with Crippen LogP contribution in [0.3, 0.4) is 0 Å². The first kappa shape index (κ1) is 44.9. The number of carbonyl (C=O) groups is 1. The lowest BCUT2D eigenvalue weighted by molar-refractivity contribution is -0.148. The zero-order valence-corrected chi connectivity index (χ0v) is 34.4. The molecule has 0 amide bonds. The molecule has 22 heteroatoms. The highest BCUT2D eigenvalue weighted by molar-refractivity contribution is 7.48. The second kappa shape index (κ2) is 19.2. The third-order valence-corrected chi connectivity index (χ3v) is 12.5. The van der Waals surface area contributed by atoms with Crippen molar-refractivity contribution in [2.45, 2.75) is 38.6 Å². The van der Waals surface area contributed by atoms with E-state index in [0.29, 0.717) is 0 Å². The van der Waals surface area contributed by atoms with Gasteiger partial charge in [-0.25, -0.2) is 26.9 Å². The molecule has 1 aliphatic rings. The molecule has 1 aliphatic heterocycles. The van der Waals surface area contributed by atoms with Crippen LogP contribution in [0, 0.1) is 23.3 Å². The van der Waals surface area contributed by atoms with Crippen molar-refractivity contribution >= 4 is 107 Å². The number of esters is 1. The summed E-state index contributed by atoms with van der Waals surface area (Å²) in [5.41, 5.74) is -1.45. The van der Waals surface area contributed by atoms with Gasteiger partial charge in [-0.1, -0.05) is 92.8 Å². The van der Waals surface area contributed by atoms with E-state index in [-0.39, 0.29) is 51.3 Å². The van der Waals surface area contributed by atoms with Gasteiger partial charge in [0.1, 0.15) is 42.6 Å². The van der Waals surface area contributed by atoms with Crippen molar-refractivity contribution in [2.24, 2.45) is 0 Å². The van der Waals surface area contributed by atoms with Crippen LogP contribution < -0.4 is 0 Å². The first-order valence-corrected chi connectivity index (χ1v) is 19.8. The zero-order valence-electron chi connectivity index (χ0n) is 27.5. The van der Waals surface area contributed by atoms with E-state index < -0.39 is 105 Å². The monoisotopic (exact) mass is 960 g/mol. The van der Waals surface area contributed by atoms with Gasteiger partial charge >= 0.3 is 13.8 Å². The van der Waals surface area contributed by atoms with Crippen LogP contribution in [0.25, 0.3) is 0 Å². The first-order valence-electron chi connectivity index (χ1n) is 15.3. The van der Waals surface area contributed by atoms with Crippen LogP contribution in [0.2, 0.25) is 40.2 Å². The number of aliphatic hydroxyl groups is 1. The average molecular weight is 964 g/mol. The Morgan fingerprint density at radius 1 is 0.607 bits per heavy atom. The topological polar surface area (TPSA) is 110 Å². The Labute approximate surface area is 355 Å². The van der Waals surface area contributed by atoms with Gasteiger partial charge in [-0.15, -0.1) is 0 Å². The number of halogens is 12. The van der Waals surface area contributed by atoms with Gasteiger partial charge in [0.25, 0.3) is 0 Å². The molecular formula is C34H21Cl8F4O9P. The molecule has 0 spiro atoms. The molecule has 300 valence electrons. The van der Waals surface area contributed by atoms with E-state index in [2.05, 4.69) is 0 Å². The molecule has 9 nitrogen and oxygen atoms in total. The van der Waals surface area contributed by atoms with E-state index in [1.807, 2.05) is 0 Å². The minimum absolute atomic E-state index is 0.0579. The Kier molecular flexibility index (Phi) is 15.4. The molecule has 0 aromatic heterocycles. The number of hydrogen-bond acceptors (Lipinski definition) is 9. The van der Waals surface area contributed by atoms with E-state index in [1.54, 1.807) is 0 Å². The van der Waals surface area contributed by atoms with Gasteiger partial charge in [-0.3, -0.25) is 13.6 Å². The van der Waals surface area contributed by atoms with Gasteiger partial charge in [0.15, 0.2) is 11.9 Å². The van der Waals surface area contributed by atoms with Crippen molar-refractivity contribution in [3.05, 3.63) is 146 Å². The summed E-state index contributed by atoms with van der Waals surface area (Å²) in [6.07, 6.45) is -3.92. The van der Waals surface area contributed by atoms with Crippen LogP contribution in [0.4, 0.5) is 17.6 Å². The Hall–Kier alpha value is -2.20. The summed E-state index contributed by atoms with van der Waals surface area (Å²) in [6, 6.07) is 8.45. The van der Waals surface area contributed by atoms with Gasteiger partial charge < -0.3 is 19.3 Å². The summed E-state index contributed by atoms with van der Waals surface area (Å²) >= 11 is 48.7. The third-order valence-electron chi connectivity index (χ3n) is 7.71. The van der Waals surface area contributed by atoms with Crippen LogP contribution in [-0.4, -0.2) is 29.9 Å². The zero-order chi connectivity index (χ0) is 41.1. The summed E-state index contributed by atoms with van der Waals surface area (Å²) in [5, 5.41) is 8.97. The summed E-state index contributed by atoms with van der Waals surface area (Å²) in [7, 11) is -5.22. The van der Waals surface area contributed by atoms with E-state index in [1.165, 1.54) is 12.1 Å². The normalized spacial score (nSPS) is 15.0. The van der Waals surface area contributed by atoms with E-state index in [0.717, 1.165) is 36.4 Å². The molecule has 0 saturated heterocycles. The molecule has 0 radical (unpaired) electrons. The maximum atomic E-state index is 14.9. The fraction of sp³-hybridized carbons (Fsp3) is 0.206. The van der Waals surface area contributed by atoms with Crippen LogP contribution >= 0.6 is 101 Å². The Morgan fingerprint density at radius 3 is 1.34 bits per heavy atom. The predicted octanol–water partition coefficient (Wildman–Crippen LogP) is 12.3. The lowest BCUT2D eigenvalue weighted by atomic mass is 10.1. The number of rotatable bonds is 16. The molecule has 1 N–H and O–H groups in total. The van der Waals surface area contributed by atoms with Crippen molar-refractivity contribution in [3.8, 4) is 0 Å². The first-order chi connectivity index (χ1) is 26.5. The molecule has 0 bridgehead atoms. The van der Waals surface area contributed by atoms with Crippen molar-refractivity contribution in [1.82, 2.24) is 0 Å². The number of benzene rings is 4. The van der Waals surface area contributed by atoms with E-state index in [4.69, 9.17) is 121 Å². The summed E-state index contributed by atoms with van der Waals surface area (Å²) in [5.74, 6) is -6.40. The van der Waals surface area contributed by atoms with Gasteiger partial charge in [0.05, 0.1) is 60.0 Å². The molecule has 2 unspecified atom stereocenters. The molecular weight excluding hydrogens is 943 g/mol. The van der Waals surface area contributed by atoms with Crippen molar-refractivity contribution in [2.75, 3.05) is 6.61 Å². The van der Waals surface area contributed by atoms with Crippen LogP contribution in [0.15, 0.2) is 60.0 Å². The minimum atomic E-state index is -5.22. The second-order valence-electron chi connectivity index (χ2n) is 11.2. The summed E-state index contributed by atoms with van der Waals surface area (Å²) in [4.78, 5) is 13.3. The van der Waals surface area contributed by atoms with Gasteiger partial charge in [0, 0.05) is 22.3 Å². The molecule has 0 saturated carbocycles. The largest absolute Gasteiger partial charge is 0.485 e. The Morgan fingerprint density at radius 2 is 0.964 bits per heavy atom. The number of hydrogen-bond donors (Lipinski definition) is 1. The van der Waals surface area contributed by atoms with Crippen LogP contribution in [-0.2, 0) is 63.6 Å². The highest BCUT2D eigenvalue weighted by Gasteiger charge is 2.47. The van der Waals surface area contributed by atoms with Crippen molar-refractivity contribution < 1.29 is 59.8 Å². The van der Waals surface area contributed by atoms with Crippen molar-refractivity contribution in [3.63, 3.8) is 0 Å². The highest BCUT2D eigenvalue weighted by atomic mass is 35.5. The molecule has 5 rings (SSSR count). The highest BCUT2D eigenvalue weighted by Crippen LogP contribution is 2.54. The number of ether oxygens (including phenoxy) is 3. The van der Waals surface area contributed by atoms with E-state index >= 15 is 0 Å². The molecule has 2 atom stereocenters. The van der Waals surface area contributed by atoms with Crippen LogP contribution in [0.5, 0.6) is 0 Å². The van der Waals surface area contributed by atoms with Gasteiger partial charge in [0.2, 0.25) is 5.76 Å². The van der Waals surface area contributed by atoms with E-state index in [9.17, 15) is 32.0 Å². The number of phosphoric acid groups is 1. The minimum Gasteiger partial charge on any atom is -0.485 e. The number of cyclic esters (lactones) is 1. The SMILES string of the molecule is O=C1OC(C(CO)OP(=O)(OCc2c(F)ccc(Cl)c2Cl)OCc2c(F)ccc(Cl)c2Cl)C(OCc2c(F)ccc(Cl)c2Cl)=C1OCc1c(F)ccc(Cl)c1Cl. The molecule has 56 heavy (non-hydrogen) atoms. The maximum Gasteiger partial charge on any atom is 0.475 e. The summed E-state index contributed by atoms with van der Waals surface area (Å²) < 4.78 is 107. The molecule has 4 aromatic rings. The standard InChI is InChI=1S/C34H21Cl8F4O9P/c35-18-1-5-22(43)14(27(18)39)10-50-32-31(54-34(48)33(32)51-11-15-23(44)6-2-19(36)28(15)40)26(9-47)55-56(49,52-12-16-24(45)7-3-20(37)29(16)41)53-13-17-25(46)8-4-21(38)30(17)42/h1-8,26,31,47H,9-13H2. The van der Waals surface area contributed by atoms with Crippen LogP contribution in [0.1, 0.15) is 22.3 Å². The molecule has 0 fully saturated rings. The molecule has 0 aliphatic carbocycles. The maximum absolute atomic E-state index is 14.9. The van der Waals surface area contributed by atoms with Crippen molar-refractivity contribution in [1.29, 1.82) is 0 Å². The lowest BCUT2D eigenvalue weighted by Gasteiger charge is -2.27. The quantitative estimate of drug-likeness (QED) is 0.0508. The Bertz CT molecular complexity index is 2190. The van der Waals surface area contributed by atoms with Gasteiger partial charge in [-0.2, -0.15) is 0 Å². The molecule has 4 aromatic carbocycles. The van der Waals surface area contributed by atoms with Gasteiger partial charge in [-0.05, 0) is 48.5 Å². The molecule has 1 heterocycles. The number of carbonyl (C=O) groups excluding carboxylic acids is 1. The second-order valence-corrected chi connectivity index (χ2v) is 16.0. The average Bonchev–Trinajstić information content (AvgIpc) is 3.47.